The third kappa shape index (κ3) is 3.45. The van der Waals surface area contributed by atoms with Crippen LogP contribution in [0.25, 0.3) is 0 Å². The SMILES string of the molecule is Cc1cc(Cl)ccc1C(CCC1CCCO1)NN. The van der Waals surface area contributed by atoms with Gasteiger partial charge < -0.3 is 4.74 Å². The van der Waals surface area contributed by atoms with Gasteiger partial charge in [-0.15, -0.1) is 0 Å². The minimum Gasteiger partial charge on any atom is -0.378 e. The highest BCUT2D eigenvalue weighted by Crippen LogP contribution is 2.27. The fourth-order valence-electron chi connectivity index (χ4n) is 2.58. The van der Waals surface area contributed by atoms with Crippen LogP contribution in [0.1, 0.15) is 42.9 Å². The Balaban J connectivity index is 1.98. The van der Waals surface area contributed by atoms with Crippen molar-refractivity contribution < 1.29 is 4.74 Å². The maximum absolute atomic E-state index is 5.97. The highest BCUT2D eigenvalue weighted by molar-refractivity contribution is 6.30. The van der Waals surface area contributed by atoms with Crippen molar-refractivity contribution in [2.45, 2.75) is 44.8 Å². The van der Waals surface area contributed by atoms with E-state index in [9.17, 15) is 0 Å². The van der Waals surface area contributed by atoms with E-state index in [0.29, 0.717) is 6.10 Å². The Kier molecular flexibility index (Phi) is 5.01. The fraction of sp³-hybridized carbons (Fsp3) is 0.571. The van der Waals surface area contributed by atoms with Gasteiger partial charge in [-0.25, -0.2) is 0 Å². The van der Waals surface area contributed by atoms with E-state index < -0.39 is 0 Å². The molecule has 3 nitrogen and oxygen atoms in total. The Morgan fingerprint density at radius 1 is 1.56 bits per heavy atom. The second-order valence-electron chi connectivity index (χ2n) is 4.93. The van der Waals surface area contributed by atoms with E-state index in [1.54, 1.807) is 0 Å². The predicted molar refractivity (Wildman–Crippen MR) is 74.5 cm³/mol. The van der Waals surface area contributed by atoms with E-state index in [1.807, 2.05) is 12.1 Å². The van der Waals surface area contributed by atoms with Gasteiger partial charge in [-0.05, 0) is 55.9 Å². The van der Waals surface area contributed by atoms with Crippen LogP contribution in [0.5, 0.6) is 0 Å². The molecule has 1 aliphatic rings. The Labute approximate surface area is 114 Å². The number of hydrazine groups is 1. The average molecular weight is 269 g/mol. The van der Waals surface area contributed by atoms with E-state index in [0.717, 1.165) is 24.5 Å². The standard InChI is InChI=1S/C14H21ClN2O/c1-10-9-11(15)4-6-13(10)14(17-16)7-5-12-3-2-8-18-12/h4,6,9,12,14,17H,2-3,5,7-8,16H2,1H3. The second kappa shape index (κ2) is 6.53. The lowest BCUT2D eigenvalue weighted by Gasteiger charge is -2.20. The molecule has 0 amide bonds. The van der Waals surface area contributed by atoms with Crippen LogP contribution in [-0.4, -0.2) is 12.7 Å². The number of halogens is 1. The zero-order valence-electron chi connectivity index (χ0n) is 10.8. The van der Waals surface area contributed by atoms with Crippen LogP contribution in [0.15, 0.2) is 18.2 Å². The summed E-state index contributed by atoms with van der Waals surface area (Å²) in [5.74, 6) is 5.67. The molecule has 18 heavy (non-hydrogen) atoms. The largest absolute Gasteiger partial charge is 0.378 e. The molecule has 1 fully saturated rings. The number of hydrogen-bond acceptors (Lipinski definition) is 3. The summed E-state index contributed by atoms with van der Waals surface area (Å²) < 4.78 is 5.64. The number of nitrogens with one attached hydrogen (secondary N) is 1. The van der Waals surface area contributed by atoms with E-state index in [1.165, 1.54) is 24.0 Å². The molecule has 0 saturated carbocycles. The van der Waals surface area contributed by atoms with Crippen LogP contribution >= 0.6 is 11.6 Å². The molecule has 0 bridgehead atoms. The van der Waals surface area contributed by atoms with Crippen molar-refractivity contribution >= 4 is 11.6 Å². The molecule has 100 valence electrons. The van der Waals surface area contributed by atoms with Crippen molar-refractivity contribution in [2.75, 3.05) is 6.61 Å². The molecule has 0 spiro atoms. The van der Waals surface area contributed by atoms with E-state index in [2.05, 4.69) is 18.4 Å². The summed E-state index contributed by atoms with van der Waals surface area (Å²) in [6, 6.07) is 6.12. The number of nitrogens with two attached hydrogens (primary N) is 1. The highest BCUT2D eigenvalue weighted by atomic mass is 35.5. The van der Waals surface area contributed by atoms with Crippen molar-refractivity contribution in [2.24, 2.45) is 5.84 Å². The molecule has 2 atom stereocenters. The van der Waals surface area contributed by atoms with Gasteiger partial charge in [-0.1, -0.05) is 17.7 Å². The quantitative estimate of drug-likeness (QED) is 0.637. The average Bonchev–Trinajstić information content (AvgIpc) is 2.85. The monoisotopic (exact) mass is 268 g/mol. The number of hydrogen-bond donors (Lipinski definition) is 2. The summed E-state index contributed by atoms with van der Waals surface area (Å²) in [5.41, 5.74) is 5.30. The number of benzene rings is 1. The summed E-state index contributed by atoms with van der Waals surface area (Å²) >= 11 is 5.97. The normalized spacial score (nSPS) is 21.2. The first kappa shape index (κ1) is 13.8. The first-order valence-corrected chi connectivity index (χ1v) is 6.92. The van der Waals surface area contributed by atoms with Crippen LogP contribution in [0.2, 0.25) is 5.02 Å². The number of aryl methyl sites for hydroxylation is 1. The first-order valence-electron chi connectivity index (χ1n) is 6.54. The summed E-state index contributed by atoms with van der Waals surface area (Å²) in [7, 11) is 0. The van der Waals surface area contributed by atoms with E-state index in [-0.39, 0.29) is 6.04 Å². The topological polar surface area (TPSA) is 47.3 Å². The van der Waals surface area contributed by atoms with Crippen molar-refractivity contribution in [3.8, 4) is 0 Å². The zero-order valence-corrected chi connectivity index (χ0v) is 11.5. The molecule has 1 heterocycles. The molecule has 0 aliphatic carbocycles. The van der Waals surface area contributed by atoms with Crippen molar-refractivity contribution in [1.29, 1.82) is 0 Å². The summed E-state index contributed by atoms with van der Waals surface area (Å²) in [4.78, 5) is 0. The molecular formula is C14H21ClN2O. The summed E-state index contributed by atoms with van der Waals surface area (Å²) in [6.45, 7) is 2.98. The van der Waals surface area contributed by atoms with Crippen LogP contribution in [0.3, 0.4) is 0 Å². The maximum Gasteiger partial charge on any atom is 0.0576 e. The Bertz CT molecular complexity index is 391. The van der Waals surface area contributed by atoms with Crippen LogP contribution in [-0.2, 0) is 4.74 Å². The lowest BCUT2D eigenvalue weighted by Crippen LogP contribution is -2.29. The van der Waals surface area contributed by atoms with Crippen molar-refractivity contribution in [1.82, 2.24) is 5.43 Å². The number of ether oxygens (including phenoxy) is 1. The summed E-state index contributed by atoms with van der Waals surface area (Å²) in [6.07, 6.45) is 4.82. The smallest absolute Gasteiger partial charge is 0.0576 e. The molecule has 3 N–H and O–H groups in total. The predicted octanol–water partition coefficient (Wildman–Crippen LogP) is 3.11. The molecule has 0 aromatic heterocycles. The van der Waals surface area contributed by atoms with Gasteiger partial charge in [0.1, 0.15) is 0 Å². The maximum atomic E-state index is 5.97. The molecule has 4 heteroatoms. The lowest BCUT2D eigenvalue weighted by molar-refractivity contribution is 0.0996. The van der Waals surface area contributed by atoms with Crippen molar-refractivity contribution in [3.63, 3.8) is 0 Å². The molecule has 1 saturated heterocycles. The lowest BCUT2D eigenvalue weighted by atomic mass is 9.96. The molecule has 1 aromatic carbocycles. The van der Waals surface area contributed by atoms with Crippen LogP contribution in [0, 0.1) is 6.92 Å². The van der Waals surface area contributed by atoms with Gasteiger partial charge in [0, 0.05) is 17.7 Å². The third-order valence-corrected chi connectivity index (χ3v) is 3.84. The van der Waals surface area contributed by atoms with Gasteiger partial charge in [0.15, 0.2) is 0 Å². The molecule has 2 unspecified atom stereocenters. The van der Waals surface area contributed by atoms with Gasteiger partial charge in [-0.3, -0.25) is 11.3 Å². The van der Waals surface area contributed by atoms with Gasteiger partial charge in [0.05, 0.1) is 6.10 Å². The third-order valence-electron chi connectivity index (χ3n) is 3.61. The van der Waals surface area contributed by atoms with E-state index in [4.69, 9.17) is 22.2 Å². The second-order valence-corrected chi connectivity index (χ2v) is 5.37. The van der Waals surface area contributed by atoms with Crippen molar-refractivity contribution in [3.05, 3.63) is 34.3 Å². The molecule has 0 radical (unpaired) electrons. The Hall–Kier alpha value is -0.610. The molecule has 2 rings (SSSR count). The van der Waals surface area contributed by atoms with Gasteiger partial charge in [-0.2, -0.15) is 0 Å². The Morgan fingerprint density at radius 2 is 2.39 bits per heavy atom. The van der Waals surface area contributed by atoms with Gasteiger partial charge >= 0.3 is 0 Å². The first-order chi connectivity index (χ1) is 8.70. The highest BCUT2D eigenvalue weighted by Gasteiger charge is 2.19. The Morgan fingerprint density at radius 3 is 3.00 bits per heavy atom. The molecular weight excluding hydrogens is 248 g/mol. The van der Waals surface area contributed by atoms with E-state index >= 15 is 0 Å². The minimum atomic E-state index is 0.173. The minimum absolute atomic E-state index is 0.173. The fourth-order valence-corrected chi connectivity index (χ4v) is 2.81. The summed E-state index contributed by atoms with van der Waals surface area (Å²) in [5, 5.41) is 0.770. The van der Waals surface area contributed by atoms with Gasteiger partial charge in [0.2, 0.25) is 0 Å². The van der Waals surface area contributed by atoms with Crippen LogP contribution < -0.4 is 11.3 Å². The molecule has 1 aliphatic heterocycles. The van der Waals surface area contributed by atoms with Gasteiger partial charge in [0.25, 0.3) is 0 Å². The van der Waals surface area contributed by atoms with Crippen LogP contribution in [0.4, 0.5) is 0 Å². The number of rotatable bonds is 5. The zero-order chi connectivity index (χ0) is 13.0. The molecule has 1 aromatic rings.